The first-order chi connectivity index (χ1) is 9.43. The molecule has 0 heterocycles. The van der Waals surface area contributed by atoms with Crippen LogP contribution in [0.3, 0.4) is 0 Å². The molecule has 0 unspecified atom stereocenters. The van der Waals surface area contributed by atoms with E-state index in [1.54, 1.807) is 0 Å². The predicted octanol–water partition coefficient (Wildman–Crippen LogP) is 5.69. The summed E-state index contributed by atoms with van der Waals surface area (Å²) in [5, 5.41) is 3.62. The van der Waals surface area contributed by atoms with Crippen LogP contribution in [0.1, 0.15) is 96.8 Å². The van der Waals surface area contributed by atoms with Gasteiger partial charge in [0.25, 0.3) is 0 Å². The number of hydrogen-bond acceptors (Lipinski definition) is 1. The predicted molar refractivity (Wildman–Crippen MR) is 86.7 cm³/mol. The SMILES string of the molecule is CCCCCCCCCCNCCCC1CCCC1. The zero-order valence-corrected chi connectivity index (χ0v) is 13.4. The monoisotopic (exact) mass is 267 g/mol. The molecule has 0 aromatic heterocycles. The van der Waals surface area contributed by atoms with Gasteiger partial charge < -0.3 is 5.32 Å². The summed E-state index contributed by atoms with van der Waals surface area (Å²) in [6.45, 7) is 4.80. The Hall–Kier alpha value is -0.0400. The summed E-state index contributed by atoms with van der Waals surface area (Å²) < 4.78 is 0. The van der Waals surface area contributed by atoms with E-state index < -0.39 is 0 Å². The van der Waals surface area contributed by atoms with Gasteiger partial charge in [-0.25, -0.2) is 0 Å². The van der Waals surface area contributed by atoms with Crippen molar-refractivity contribution in [1.29, 1.82) is 0 Å². The highest BCUT2D eigenvalue weighted by Gasteiger charge is 2.13. The molecule has 1 nitrogen and oxygen atoms in total. The second kappa shape index (κ2) is 13.0. The van der Waals surface area contributed by atoms with E-state index in [1.165, 1.54) is 103 Å². The summed E-state index contributed by atoms with van der Waals surface area (Å²) in [6.07, 6.45) is 20.3. The van der Waals surface area contributed by atoms with E-state index in [-0.39, 0.29) is 0 Å². The summed E-state index contributed by atoms with van der Waals surface area (Å²) in [5.74, 6) is 1.07. The lowest BCUT2D eigenvalue weighted by Crippen LogP contribution is -2.17. The first-order valence-corrected chi connectivity index (χ1v) is 9.14. The lowest BCUT2D eigenvalue weighted by Gasteiger charge is -2.09. The first-order valence-electron chi connectivity index (χ1n) is 9.14. The van der Waals surface area contributed by atoms with Crippen molar-refractivity contribution < 1.29 is 0 Å². The van der Waals surface area contributed by atoms with Crippen LogP contribution in [0.4, 0.5) is 0 Å². The van der Waals surface area contributed by atoms with E-state index >= 15 is 0 Å². The summed E-state index contributed by atoms with van der Waals surface area (Å²) in [6, 6.07) is 0. The van der Waals surface area contributed by atoms with Gasteiger partial charge in [-0.05, 0) is 38.3 Å². The van der Waals surface area contributed by atoms with Crippen molar-refractivity contribution in [3.05, 3.63) is 0 Å². The fourth-order valence-corrected chi connectivity index (χ4v) is 3.32. The Balaban J connectivity index is 1.67. The standard InChI is InChI=1S/C18H37N/c1-2-3-4-5-6-7-8-11-16-19-17-12-15-18-13-9-10-14-18/h18-19H,2-17H2,1H3. The van der Waals surface area contributed by atoms with Gasteiger partial charge in [-0.3, -0.25) is 0 Å². The van der Waals surface area contributed by atoms with E-state index in [1.807, 2.05) is 0 Å². The van der Waals surface area contributed by atoms with Crippen molar-refractivity contribution in [2.75, 3.05) is 13.1 Å². The minimum Gasteiger partial charge on any atom is -0.317 e. The molecule has 0 aliphatic heterocycles. The highest BCUT2D eigenvalue weighted by Crippen LogP contribution is 2.28. The van der Waals surface area contributed by atoms with E-state index in [4.69, 9.17) is 0 Å². The van der Waals surface area contributed by atoms with Gasteiger partial charge in [0.05, 0.1) is 0 Å². The van der Waals surface area contributed by atoms with Crippen LogP contribution in [0.25, 0.3) is 0 Å². The lowest BCUT2D eigenvalue weighted by molar-refractivity contribution is 0.466. The molecule has 0 atom stereocenters. The van der Waals surface area contributed by atoms with Crippen molar-refractivity contribution in [3.8, 4) is 0 Å². The van der Waals surface area contributed by atoms with E-state index in [9.17, 15) is 0 Å². The van der Waals surface area contributed by atoms with Gasteiger partial charge in [0, 0.05) is 0 Å². The fraction of sp³-hybridized carbons (Fsp3) is 1.00. The van der Waals surface area contributed by atoms with Crippen LogP contribution in [0.15, 0.2) is 0 Å². The second-order valence-electron chi connectivity index (χ2n) is 6.52. The summed E-state index contributed by atoms with van der Waals surface area (Å²) in [4.78, 5) is 0. The molecule has 1 saturated carbocycles. The molecule has 0 amide bonds. The zero-order chi connectivity index (χ0) is 13.6. The molecule has 19 heavy (non-hydrogen) atoms. The molecule has 0 aromatic rings. The smallest absolute Gasteiger partial charge is 0.00488 e. The molecule has 1 aliphatic rings. The maximum absolute atomic E-state index is 3.62. The Morgan fingerprint density at radius 3 is 2.00 bits per heavy atom. The summed E-state index contributed by atoms with van der Waals surface area (Å²) in [7, 11) is 0. The highest BCUT2D eigenvalue weighted by molar-refractivity contribution is 4.67. The fourth-order valence-electron chi connectivity index (χ4n) is 3.32. The van der Waals surface area contributed by atoms with Crippen molar-refractivity contribution in [2.45, 2.75) is 96.8 Å². The van der Waals surface area contributed by atoms with Gasteiger partial charge in [0.15, 0.2) is 0 Å². The first kappa shape index (κ1) is 17.0. The van der Waals surface area contributed by atoms with Gasteiger partial charge in [0.1, 0.15) is 0 Å². The molecule has 1 N–H and O–H groups in total. The average Bonchev–Trinajstić information content (AvgIpc) is 2.93. The molecule has 0 saturated heterocycles. The Morgan fingerprint density at radius 1 is 0.737 bits per heavy atom. The number of hydrogen-bond donors (Lipinski definition) is 1. The van der Waals surface area contributed by atoms with E-state index in [0.717, 1.165) is 5.92 Å². The van der Waals surface area contributed by atoms with Crippen molar-refractivity contribution in [3.63, 3.8) is 0 Å². The number of rotatable bonds is 13. The maximum Gasteiger partial charge on any atom is -0.00488 e. The quantitative estimate of drug-likeness (QED) is 0.423. The zero-order valence-electron chi connectivity index (χ0n) is 13.4. The van der Waals surface area contributed by atoms with Gasteiger partial charge in [-0.2, -0.15) is 0 Å². The molecule has 0 spiro atoms. The Bertz CT molecular complexity index is 173. The molecule has 1 rings (SSSR count). The molecule has 1 fully saturated rings. The van der Waals surface area contributed by atoms with Gasteiger partial charge in [-0.1, -0.05) is 77.6 Å². The molecular formula is C18H37N. The highest BCUT2D eigenvalue weighted by atomic mass is 14.8. The van der Waals surface area contributed by atoms with E-state index in [0.29, 0.717) is 0 Å². The van der Waals surface area contributed by atoms with Crippen LogP contribution in [0.2, 0.25) is 0 Å². The normalized spacial score (nSPS) is 16.3. The van der Waals surface area contributed by atoms with Crippen LogP contribution in [-0.2, 0) is 0 Å². The summed E-state index contributed by atoms with van der Waals surface area (Å²) in [5.41, 5.74) is 0. The maximum atomic E-state index is 3.62. The van der Waals surface area contributed by atoms with Crippen molar-refractivity contribution >= 4 is 0 Å². The van der Waals surface area contributed by atoms with Crippen LogP contribution in [0, 0.1) is 5.92 Å². The van der Waals surface area contributed by atoms with Crippen molar-refractivity contribution in [1.82, 2.24) is 5.32 Å². The summed E-state index contributed by atoms with van der Waals surface area (Å²) >= 11 is 0. The number of nitrogens with one attached hydrogen (secondary N) is 1. The van der Waals surface area contributed by atoms with Gasteiger partial charge >= 0.3 is 0 Å². The topological polar surface area (TPSA) is 12.0 Å². The van der Waals surface area contributed by atoms with Crippen LogP contribution < -0.4 is 5.32 Å². The Kier molecular flexibility index (Phi) is 11.6. The van der Waals surface area contributed by atoms with Crippen molar-refractivity contribution in [2.24, 2.45) is 5.92 Å². The van der Waals surface area contributed by atoms with Crippen LogP contribution in [0.5, 0.6) is 0 Å². The third-order valence-electron chi connectivity index (χ3n) is 4.65. The largest absolute Gasteiger partial charge is 0.317 e. The Labute approximate surface area is 121 Å². The van der Waals surface area contributed by atoms with E-state index in [2.05, 4.69) is 12.2 Å². The third kappa shape index (κ3) is 10.4. The van der Waals surface area contributed by atoms with Gasteiger partial charge in [0.2, 0.25) is 0 Å². The minimum atomic E-state index is 1.07. The van der Waals surface area contributed by atoms with Crippen LogP contribution >= 0.6 is 0 Å². The van der Waals surface area contributed by atoms with Gasteiger partial charge in [-0.15, -0.1) is 0 Å². The molecule has 1 heteroatoms. The molecule has 0 aromatic carbocycles. The average molecular weight is 268 g/mol. The van der Waals surface area contributed by atoms with Crippen LogP contribution in [-0.4, -0.2) is 13.1 Å². The minimum absolute atomic E-state index is 1.07. The molecule has 0 radical (unpaired) electrons. The second-order valence-corrected chi connectivity index (χ2v) is 6.52. The third-order valence-corrected chi connectivity index (χ3v) is 4.65. The molecule has 114 valence electrons. The molecule has 0 bridgehead atoms. The molecule has 1 aliphatic carbocycles. The lowest BCUT2D eigenvalue weighted by atomic mass is 10.0. The number of unbranched alkanes of at least 4 members (excludes halogenated alkanes) is 7. The molecular weight excluding hydrogens is 230 g/mol. The Morgan fingerprint density at radius 2 is 1.32 bits per heavy atom.